The minimum absolute atomic E-state index is 0.878. The lowest BCUT2D eigenvalue weighted by molar-refractivity contribution is 0.635. The maximum atomic E-state index is 4.57. The number of hydrogen-bond acceptors (Lipinski definition) is 3. The summed E-state index contributed by atoms with van der Waals surface area (Å²) in [7, 11) is 0. The highest BCUT2D eigenvalue weighted by Gasteiger charge is 2.07. The molecule has 0 saturated carbocycles. The van der Waals surface area contributed by atoms with Crippen molar-refractivity contribution in [2.45, 2.75) is 53.1 Å². The van der Waals surface area contributed by atoms with Crippen molar-refractivity contribution in [3.63, 3.8) is 0 Å². The minimum atomic E-state index is 0.878. The van der Waals surface area contributed by atoms with Crippen molar-refractivity contribution in [3.05, 3.63) is 33.8 Å². The van der Waals surface area contributed by atoms with Crippen molar-refractivity contribution in [3.8, 4) is 0 Å². The standard InChI is InChI=1S/C15H23N3S/c1-4-6-8-18-11-12(3)17-15(18)16-10-14-13(5-2)7-9-19-14/h7,9,11H,4-6,8,10H2,1-3H3,(H,16,17). The fourth-order valence-electron chi connectivity index (χ4n) is 2.18. The highest BCUT2D eigenvalue weighted by atomic mass is 32.1. The summed E-state index contributed by atoms with van der Waals surface area (Å²) in [5.41, 5.74) is 2.53. The van der Waals surface area contributed by atoms with Crippen LogP contribution in [0.1, 0.15) is 42.8 Å². The van der Waals surface area contributed by atoms with Crippen molar-refractivity contribution in [2.75, 3.05) is 5.32 Å². The molecular formula is C15H23N3S. The molecule has 0 unspecified atom stereocenters. The first-order chi connectivity index (χ1) is 9.24. The number of unbranched alkanes of at least 4 members (excludes halogenated alkanes) is 1. The van der Waals surface area contributed by atoms with Gasteiger partial charge in [0.2, 0.25) is 5.95 Å². The number of anilines is 1. The molecule has 0 atom stereocenters. The lowest BCUT2D eigenvalue weighted by Crippen LogP contribution is -2.07. The second-order valence-electron chi connectivity index (χ2n) is 4.83. The average molecular weight is 277 g/mol. The van der Waals surface area contributed by atoms with Crippen molar-refractivity contribution >= 4 is 17.3 Å². The molecule has 2 heterocycles. The first-order valence-corrected chi connectivity index (χ1v) is 7.95. The fourth-order valence-corrected chi connectivity index (χ4v) is 3.10. The van der Waals surface area contributed by atoms with Crippen molar-refractivity contribution in [1.29, 1.82) is 0 Å². The third-order valence-electron chi connectivity index (χ3n) is 3.28. The van der Waals surface area contributed by atoms with Gasteiger partial charge in [-0.3, -0.25) is 0 Å². The number of imidazole rings is 1. The van der Waals surface area contributed by atoms with Gasteiger partial charge in [0, 0.05) is 17.6 Å². The number of nitrogens with zero attached hydrogens (tertiary/aromatic N) is 2. The Hall–Kier alpha value is -1.29. The van der Waals surface area contributed by atoms with E-state index in [1.54, 1.807) is 0 Å². The Morgan fingerprint density at radius 3 is 2.95 bits per heavy atom. The van der Waals surface area contributed by atoms with Crippen LogP contribution in [-0.4, -0.2) is 9.55 Å². The summed E-state index contributed by atoms with van der Waals surface area (Å²) in [6, 6.07) is 2.22. The second kappa shape index (κ2) is 6.75. The van der Waals surface area contributed by atoms with E-state index in [-0.39, 0.29) is 0 Å². The van der Waals surface area contributed by atoms with E-state index < -0.39 is 0 Å². The predicted octanol–water partition coefficient (Wildman–Crippen LogP) is 4.23. The molecule has 0 aliphatic heterocycles. The van der Waals surface area contributed by atoms with Crippen LogP contribution in [0, 0.1) is 6.92 Å². The summed E-state index contributed by atoms with van der Waals surface area (Å²) in [5, 5.41) is 5.65. The third kappa shape index (κ3) is 3.60. The maximum absolute atomic E-state index is 4.57. The Kier molecular flexibility index (Phi) is 5.02. The largest absolute Gasteiger partial charge is 0.351 e. The van der Waals surface area contributed by atoms with E-state index in [0.717, 1.165) is 31.2 Å². The number of nitrogens with one attached hydrogen (secondary N) is 1. The average Bonchev–Trinajstić information content (AvgIpc) is 2.99. The zero-order valence-electron chi connectivity index (χ0n) is 12.1. The number of rotatable bonds is 7. The van der Waals surface area contributed by atoms with Crippen LogP contribution in [-0.2, 0) is 19.5 Å². The molecule has 0 aromatic carbocycles. The van der Waals surface area contributed by atoms with Gasteiger partial charge in [0.15, 0.2) is 0 Å². The predicted molar refractivity (Wildman–Crippen MR) is 82.9 cm³/mol. The Morgan fingerprint density at radius 1 is 1.37 bits per heavy atom. The van der Waals surface area contributed by atoms with Gasteiger partial charge in [-0.05, 0) is 36.8 Å². The van der Waals surface area contributed by atoms with E-state index in [1.807, 2.05) is 11.3 Å². The summed E-state index contributed by atoms with van der Waals surface area (Å²) in [4.78, 5) is 6.00. The number of thiophene rings is 1. The SMILES string of the molecule is CCCCn1cc(C)nc1NCc1sccc1CC. The van der Waals surface area contributed by atoms with Gasteiger partial charge in [-0.2, -0.15) is 0 Å². The van der Waals surface area contributed by atoms with Crippen LogP contribution in [0.25, 0.3) is 0 Å². The summed E-state index contributed by atoms with van der Waals surface area (Å²) >= 11 is 1.82. The molecule has 2 aromatic rings. The lowest BCUT2D eigenvalue weighted by Gasteiger charge is -2.09. The van der Waals surface area contributed by atoms with Gasteiger partial charge in [-0.15, -0.1) is 11.3 Å². The molecule has 0 amide bonds. The molecule has 1 N–H and O–H groups in total. The van der Waals surface area contributed by atoms with Gasteiger partial charge in [0.05, 0.1) is 12.2 Å². The van der Waals surface area contributed by atoms with Crippen molar-refractivity contribution < 1.29 is 0 Å². The van der Waals surface area contributed by atoms with Gasteiger partial charge in [0.1, 0.15) is 0 Å². The molecule has 0 fully saturated rings. The van der Waals surface area contributed by atoms with E-state index >= 15 is 0 Å². The molecule has 3 nitrogen and oxygen atoms in total. The third-order valence-corrected chi connectivity index (χ3v) is 4.24. The zero-order valence-corrected chi connectivity index (χ0v) is 12.9. The highest BCUT2D eigenvalue weighted by Crippen LogP contribution is 2.19. The van der Waals surface area contributed by atoms with Crippen molar-refractivity contribution in [2.24, 2.45) is 0 Å². The number of hydrogen-bond donors (Lipinski definition) is 1. The highest BCUT2D eigenvalue weighted by molar-refractivity contribution is 7.10. The minimum Gasteiger partial charge on any atom is -0.351 e. The first kappa shape index (κ1) is 14.1. The molecule has 0 spiro atoms. The molecule has 4 heteroatoms. The van der Waals surface area contributed by atoms with Gasteiger partial charge in [-0.25, -0.2) is 4.98 Å². The summed E-state index contributed by atoms with van der Waals surface area (Å²) in [6.45, 7) is 8.40. The quantitative estimate of drug-likeness (QED) is 0.821. The van der Waals surface area contributed by atoms with Crippen LogP contribution in [0.4, 0.5) is 5.95 Å². The van der Waals surface area contributed by atoms with E-state index in [4.69, 9.17) is 0 Å². The molecule has 2 rings (SSSR count). The Morgan fingerprint density at radius 2 is 2.21 bits per heavy atom. The second-order valence-corrected chi connectivity index (χ2v) is 5.83. The molecule has 104 valence electrons. The molecule has 0 radical (unpaired) electrons. The van der Waals surface area contributed by atoms with Crippen LogP contribution >= 0.6 is 11.3 Å². The molecular weight excluding hydrogens is 254 g/mol. The summed E-state index contributed by atoms with van der Waals surface area (Å²) < 4.78 is 2.23. The molecule has 0 aliphatic carbocycles. The van der Waals surface area contributed by atoms with Gasteiger partial charge < -0.3 is 9.88 Å². The molecule has 0 bridgehead atoms. The number of aryl methyl sites for hydroxylation is 3. The smallest absolute Gasteiger partial charge is 0.203 e. The van der Waals surface area contributed by atoms with Crippen LogP contribution in [0.3, 0.4) is 0 Å². The zero-order chi connectivity index (χ0) is 13.7. The van der Waals surface area contributed by atoms with E-state index in [2.05, 4.69) is 53.3 Å². The van der Waals surface area contributed by atoms with Crippen molar-refractivity contribution in [1.82, 2.24) is 9.55 Å². The Bertz CT molecular complexity index is 513. The Balaban J connectivity index is 2.02. The monoisotopic (exact) mass is 277 g/mol. The summed E-state index contributed by atoms with van der Waals surface area (Å²) in [5.74, 6) is 1.00. The van der Waals surface area contributed by atoms with Gasteiger partial charge >= 0.3 is 0 Å². The van der Waals surface area contributed by atoms with E-state index in [0.29, 0.717) is 0 Å². The maximum Gasteiger partial charge on any atom is 0.203 e. The van der Waals surface area contributed by atoms with E-state index in [1.165, 1.54) is 23.3 Å². The molecule has 0 aliphatic rings. The molecule has 0 saturated heterocycles. The topological polar surface area (TPSA) is 29.9 Å². The van der Waals surface area contributed by atoms with Crippen LogP contribution in [0.15, 0.2) is 17.6 Å². The normalized spacial score (nSPS) is 10.9. The van der Waals surface area contributed by atoms with Crippen LogP contribution < -0.4 is 5.32 Å². The summed E-state index contributed by atoms with van der Waals surface area (Å²) in [6.07, 6.45) is 5.64. The molecule has 19 heavy (non-hydrogen) atoms. The van der Waals surface area contributed by atoms with E-state index in [9.17, 15) is 0 Å². The fraction of sp³-hybridized carbons (Fsp3) is 0.533. The van der Waals surface area contributed by atoms with Crippen LogP contribution in [0.5, 0.6) is 0 Å². The lowest BCUT2D eigenvalue weighted by atomic mass is 10.2. The van der Waals surface area contributed by atoms with Gasteiger partial charge in [-0.1, -0.05) is 20.3 Å². The van der Waals surface area contributed by atoms with Gasteiger partial charge in [0.25, 0.3) is 0 Å². The Labute approximate surface area is 119 Å². The molecule has 2 aromatic heterocycles. The number of aromatic nitrogens is 2. The first-order valence-electron chi connectivity index (χ1n) is 7.07. The van der Waals surface area contributed by atoms with Crippen LogP contribution in [0.2, 0.25) is 0 Å².